The van der Waals surface area contributed by atoms with Crippen LogP contribution in [0.2, 0.25) is 0 Å². The molecule has 0 heterocycles. The fourth-order valence-corrected chi connectivity index (χ4v) is 2.19. The molecule has 0 unspecified atom stereocenters. The van der Waals surface area contributed by atoms with Gasteiger partial charge in [0.05, 0.1) is 7.11 Å². The predicted molar refractivity (Wildman–Crippen MR) is 83.8 cm³/mol. The second-order valence-corrected chi connectivity index (χ2v) is 5.07. The summed E-state index contributed by atoms with van der Waals surface area (Å²) in [5, 5.41) is 0. The highest BCUT2D eigenvalue weighted by Gasteiger charge is 2.10. The maximum atomic E-state index is 5.47. The Morgan fingerprint density at radius 3 is 2.59 bits per heavy atom. The van der Waals surface area contributed by atoms with E-state index in [0.717, 1.165) is 29.7 Å². The zero-order valence-corrected chi connectivity index (χ0v) is 12.9. The first kappa shape index (κ1) is 14.3. The number of methoxy groups -OCH3 is 1. The van der Waals surface area contributed by atoms with Crippen LogP contribution in [0.1, 0.15) is 37.8 Å². The van der Waals surface area contributed by atoms with Crippen LogP contribution in [0.4, 0.5) is 0 Å². The van der Waals surface area contributed by atoms with Crippen molar-refractivity contribution < 1.29 is 4.74 Å². The van der Waals surface area contributed by atoms with Crippen LogP contribution < -0.4 is 0 Å². The molecule has 1 aromatic rings. The van der Waals surface area contributed by atoms with Crippen LogP contribution in [0.3, 0.4) is 0 Å². The Kier molecular flexibility index (Phi) is 5.75. The molecule has 92 valence electrons. The van der Waals surface area contributed by atoms with Gasteiger partial charge in [-0.15, -0.1) is 0 Å². The largest absolute Gasteiger partial charge is 0.496 e. The average Bonchev–Trinajstić information content (AvgIpc) is 2.35. The van der Waals surface area contributed by atoms with Crippen LogP contribution in [0, 0.1) is 3.57 Å². The van der Waals surface area contributed by atoms with E-state index in [1.54, 1.807) is 7.11 Å². The van der Waals surface area contributed by atoms with Crippen molar-refractivity contribution in [3.63, 3.8) is 0 Å². The van der Waals surface area contributed by atoms with Crippen LogP contribution >= 0.6 is 22.6 Å². The summed E-state index contributed by atoms with van der Waals surface area (Å²) in [7, 11) is 1.72. The molecule has 0 atom stereocenters. The van der Waals surface area contributed by atoms with Crippen LogP contribution in [0.5, 0.6) is 0 Å². The number of hydrogen-bond donors (Lipinski definition) is 0. The second-order valence-electron chi connectivity index (χ2n) is 3.83. The van der Waals surface area contributed by atoms with E-state index in [4.69, 9.17) is 4.74 Å². The van der Waals surface area contributed by atoms with Crippen molar-refractivity contribution in [2.45, 2.75) is 26.7 Å². The van der Waals surface area contributed by atoms with Crippen LogP contribution in [-0.4, -0.2) is 7.11 Å². The van der Waals surface area contributed by atoms with E-state index in [1.807, 2.05) is 0 Å². The molecule has 0 bridgehead atoms. The molecule has 17 heavy (non-hydrogen) atoms. The maximum Gasteiger partial charge on any atom is 0.122 e. The highest BCUT2D eigenvalue weighted by Crippen LogP contribution is 2.28. The first-order chi connectivity index (χ1) is 8.13. The van der Waals surface area contributed by atoms with Gasteiger partial charge in [0, 0.05) is 9.13 Å². The minimum atomic E-state index is 0.938. The smallest absolute Gasteiger partial charge is 0.122 e. The molecule has 0 aromatic heterocycles. The Labute approximate surface area is 118 Å². The van der Waals surface area contributed by atoms with Gasteiger partial charge in [0.2, 0.25) is 0 Å². The summed E-state index contributed by atoms with van der Waals surface area (Å²) in [6.07, 6.45) is 4.03. The van der Waals surface area contributed by atoms with E-state index in [-0.39, 0.29) is 0 Å². The van der Waals surface area contributed by atoms with Gasteiger partial charge in [-0.05, 0) is 70.8 Å². The lowest BCUT2D eigenvalue weighted by atomic mass is 9.97. The fraction of sp³-hybridized carbons (Fsp3) is 0.333. The number of ether oxygens (including phenoxy) is 1. The molecule has 1 aromatic carbocycles. The molecule has 0 N–H and O–H groups in total. The molecule has 0 saturated carbocycles. The molecule has 0 amide bonds. The molecule has 0 aliphatic carbocycles. The number of rotatable bonds is 5. The normalized spacial score (nSPS) is 11.4. The Balaban J connectivity index is 3.31. The number of allylic oxidation sites excluding steroid dienone is 2. The summed E-state index contributed by atoms with van der Waals surface area (Å²) < 4.78 is 6.69. The van der Waals surface area contributed by atoms with Gasteiger partial charge in [-0.1, -0.05) is 20.4 Å². The Hall–Kier alpha value is -0.770. The van der Waals surface area contributed by atoms with Crippen molar-refractivity contribution in [1.82, 2.24) is 0 Å². The molecule has 0 spiro atoms. The minimum Gasteiger partial charge on any atom is -0.496 e. The van der Waals surface area contributed by atoms with E-state index in [0.29, 0.717) is 0 Å². The third-order valence-electron chi connectivity index (χ3n) is 2.66. The average molecular weight is 342 g/mol. The predicted octanol–water partition coefficient (Wildman–Crippen LogP) is 5.11. The standard InChI is InChI=1S/C15H19IO/c1-5-7-15(17-4)13-9-8-12(16)10-14(13)11(3)6-2/h7-10H,3,5-6H2,1-2,4H3. The van der Waals surface area contributed by atoms with Gasteiger partial charge < -0.3 is 4.74 Å². The van der Waals surface area contributed by atoms with Crippen molar-refractivity contribution in [3.05, 3.63) is 45.6 Å². The first-order valence-electron chi connectivity index (χ1n) is 5.86. The second kappa shape index (κ2) is 6.84. The van der Waals surface area contributed by atoms with Gasteiger partial charge in [-0.25, -0.2) is 0 Å². The maximum absolute atomic E-state index is 5.47. The third kappa shape index (κ3) is 3.60. The van der Waals surface area contributed by atoms with E-state index in [9.17, 15) is 0 Å². The zero-order chi connectivity index (χ0) is 12.8. The highest BCUT2D eigenvalue weighted by atomic mass is 127. The zero-order valence-electron chi connectivity index (χ0n) is 10.7. The van der Waals surface area contributed by atoms with Crippen molar-refractivity contribution >= 4 is 33.9 Å². The molecule has 1 rings (SSSR count). The fourth-order valence-electron chi connectivity index (χ4n) is 1.70. The minimum absolute atomic E-state index is 0.938. The van der Waals surface area contributed by atoms with Gasteiger partial charge in [-0.2, -0.15) is 0 Å². The van der Waals surface area contributed by atoms with Gasteiger partial charge in [0.25, 0.3) is 0 Å². The Morgan fingerprint density at radius 1 is 1.35 bits per heavy atom. The van der Waals surface area contributed by atoms with Crippen molar-refractivity contribution in [2.24, 2.45) is 0 Å². The van der Waals surface area contributed by atoms with Crippen LogP contribution in [0.25, 0.3) is 11.3 Å². The van der Waals surface area contributed by atoms with E-state index in [2.05, 4.69) is 67.3 Å². The molecule has 0 aliphatic rings. The van der Waals surface area contributed by atoms with Gasteiger partial charge in [0.15, 0.2) is 0 Å². The van der Waals surface area contributed by atoms with E-state index < -0.39 is 0 Å². The summed E-state index contributed by atoms with van der Waals surface area (Å²) in [5.41, 5.74) is 3.49. The topological polar surface area (TPSA) is 9.23 Å². The SMILES string of the molecule is C=C(CC)c1cc(I)ccc1C(=CCC)OC. The van der Waals surface area contributed by atoms with Crippen molar-refractivity contribution in [2.75, 3.05) is 7.11 Å². The van der Waals surface area contributed by atoms with Gasteiger partial charge >= 0.3 is 0 Å². The lowest BCUT2D eigenvalue weighted by Gasteiger charge is -2.14. The molecule has 0 radical (unpaired) electrons. The summed E-state index contributed by atoms with van der Waals surface area (Å²) in [6, 6.07) is 6.39. The molecule has 2 heteroatoms. The molecular weight excluding hydrogens is 323 g/mol. The summed E-state index contributed by atoms with van der Waals surface area (Å²) in [6.45, 7) is 8.37. The number of benzene rings is 1. The Bertz CT molecular complexity index is 433. The number of hydrogen-bond acceptors (Lipinski definition) is 1. The Morgan fingerprint density at radius 2 is 2.06 bits per heavy atom. The lowest BCUT2D eigenvalue weighted by molar-refractivity contribution is 0.368. The monoisotopic (exact) mass is 342 g/mol. The molecule has 1 nitrogen and oxygen atoms in total. The van der Waals surface area contributed by atoms with Crippen LogP contribution in [-0.2, 0) is 4.74 Å². The van der Waals surface area contributed by atoms with Crippen molar-refractivity contribution in [3.8, 4) is 0 Å². The quantitative estimate of drug-likeness (QED) is 0.534. The van der Waals surface area contributed by atoms with E-state index >= 15 is 0 Å². The molecule has 0 fully saturated rings. The molecular formula is C15H19IO. The van der Waals surface area contributed by atoms with Crippen molar-refractivity contribution in [1.29, 1.82) is 0 Å². The highest BCUT2D eigenvalue weighted by molar-refractivity contribution is 14.1. The summed E-state index contributed by atoms with van der Waals surface area (Å²) >= 11 is 2.33. The molecule has 0 saturated heterocycles. The van der Waals surface area contributed by atoms with Gasteiger partial charge in [0.1, 0.15) is 5.76 Å². The molecule has 0 aliphatic heterocycles. The first-order valence-corrected chi connectivity index (χ1v) is 6.94. The van der Waals surface area contributed by atoms with Crippen LogP contribution in [0.15, 0.2) is 30.9 Å². The third-order valence-corrected chi connectivity index (χ3v) is 3.34. The van der Waals surface area contributed by atoms with Gasteiger partial charge in [-0.3, -0.25) is 0 Å². The summed E-state index contributed by atoms with van der Waals surface area (Å²) in [4.78, 5) is 0. The number of halogens is 1. The summed E-state index contributed by atoms with van der Waals surface area (Å²) in [5.74, 6) is 0.938. The van der Waals surface area contributed by atoms with E-state index in [1.165, 1.54) is 9.13 Å². The lowest BCUT2D eigenvalue weighted by Crippen LogP contribution is -1.95.